The van der Waals surface area contributed by atoms with Crippen molar-refractivity contribution in [2.75, 3.05) is 23.7 Å². The third-order valence-electron chi connectivity index (χ3n) is 3.11. The monoisotopic (exact) mass is 292 g/mol. The zero-order valence-corrected chi connectivity index (χ0v) is 12.7. The number of amides is 1. The second-order valence-corrected chi connectivity index (χ2v) is 6.09. The van der Waals surface area contributed by atoms with E-state index in [4.69, 9.17) is 11.5 Å². The molecule has 0 radical (unpaired) electrons. The van der Waals surface area contributed by atoms with Gasteiger partial charge in [-0.2, -0.15) is 0 Å². The van der Waals surface area contributed by atoms with E-state index in [0.717, 1.165) is 40.3 Å². The summed E-state index contributed by atoms with van der Waals surface area (Å²) in [6, 6.07) is 3.88. The molecule has 108 valence electrons. The van der Waals surface area contributed by atoms with Gasteiger partial charge in [0.1, 0.15) is 0 Å². The predicted molar refractivity (Wildman–Crippen MR) is 85.1 cm³/mol. The molecule has 0 aliphatic rings. The van der Waals surface area contributed by atoms with Gasteiger partial charge in [0.15, 0.2) is 0 Å². The molecule has 0 aliphatic carbocycles. The number of anilines is 2. The fraction of sp³-hybridized carbons (Fsp3) is 0.429. The molecule has 1 heterocycles. The number of carbonyl (C=O) groups excluding carboxylic acids is 1. The topological polar surface area (TPSA) is 85.2 Å². The lowest BCUT2D eigenvalue weighted by atomic mass is 10.2. The number of hydrogen-bond donors (Lipinski definition) is 2. The lowest BCUT2D eigenvalue weighted by Gasteiger charge is -2.24. The average molecular weight is 292 g/mol. The van der Waals surface area contributed by atoms with Crippen molar-refractivity contribution in [2.45, 2.75) is 26.7 Å². The first kappa shape index (κ1) is 14.6. The molecule has 0 atom stereocenters. The Balaban J connectivity index is 2.39. The number of thiazole rings is 1. The van der Waals surface area contributed by atoms with Crippen molar-refractivity contribution in [3.8, 4) is 0 Å². The van der Waals surface area contributed by atoms with E-state index in [2.05, 4.69) is 11.9 Å². The second kappa shape index (κ2) is 6.09. The van der Waals surface area contributed by atoms with Gasteiger partial charge in [0.25, 0.3) is 0 Å². The number of hydrogen-bond acceptors (Lipinski definition) is 5. The number of carbonyl (C=O) groups is 1. The van der Waals surface area contributed by atoms with Crippen LogP contribution < -0.4 is 16.4 Å². The molecule has 0 unspecified atom stereocenters. The Labute approximate surface area is 122 Å². The Morgan fingerprint density at radius 3 is 2.85 bits per heavy atom. The summed E-state index contributed by atoms with van der Waals surface area (Å²) in [6.07, 6.45) is 2.04. The maximum Gasteiger partial charge on any atom is 0.236 e. The van der Waals surface area contributed by atoms with Crippen molar-refractivity contribution in [3.63, 3.8) is 0 Å². The number of rotatable bonds is 6. The van der Waals surface area contributed by atoms with E-state index in [1.165, 1.54) is 0 Å². The minimum atomic E-state index is -0.352. The van der Waals surface area contributed by atoms with Crippen LogP contribution in [0.1, 0.15) is 24.8 Å². The molecule has 2 rings (SSSR count). The van der Waals surface area contributed by atoms with Gasteiger partial charge in [-0.25, -0.2) is 4.98 Å². The SMILES string of the molecule is CCCCN(CC(N)=O)c1cc2nc(C)sc2cc1N. The maximum atomic E-state index is 11.3. The van der Waals surface area contributed by atoms with Crippen LogP contribution in [0.5, 0.6) is 0 Å². The molecule has 0 spiro atoms. The summed E-state index contributed by atoms with van der Waals surface area (Å²) in [7, 11) is 0. The van der Waals surface area contributed by atoms with E-state index in [0.29, 0.717) is 5.69 Å². The first-order valence-electron chi connectivity index (χ1n) is 6.71. The molecule has 20 heavy (non-hydrogen) atoms. The van der Waals surface area contributed by atoms with Gasteiger partial charge in [-0.1, -0.05) is 13.3 Å². The highest BCUT2D eigenvalue weighted by Gasteiger charge is 2.14. The Bertz CT molecular complexity index is 623. The minimum absolute atomic E-state index is 0.179. The average Bonchev–Trinajstić information content (AvgIpc) is 2.72. The van der Waals surface area contributed by atoms with Crippen LogP contribution in [0.15, 0.2) is 12.1 Å². The maximum absolute atomic E-state index is 11.3. The summed E-state index contributed by atoms with van der Waals surface area (Å²) >= 11 is 1.62. The summed E-state index contributed by atoms with van der Waals surface area (Å²) in [5, 5.41) is 1.01. The number of unbranched alkanes of at least 4 members (excludes halogenated alkanes) is 1. The number of aryl methyl sites for hydroxylation is 1. The van der Waals surface area contributed by atoms with E-state index in [1.54, 1.807) is 11.3 Å². The van der Waals surface area contributed by atoms with E-state index in [1.807, 2.05) is 24.0 Å². The number of nitrogens with zero attached hydrogens (tertiary/aromatic N) is 2. The molecule has 0 bridgehead atoms. The molecule has 6 heteroatoms. The number of benzene rings is 1. The molecular weight excluding hydrogens is 272 g/mol. The Kier molecular flexibility index (Phi) is 4.44. The standard InChI is InChI=1S/C14H20N4OS/c1-3-4-5-18(8-14(16)19)12-7-11-13(6-10(12)15)20-9(2)17-11/h6-7H,3-5,8,15H2,1-2H3,(H2,16,19). The molecule has 0 saturated heterocycles. The first-order chi connectivity index (χ1) is 9.51. The molecule has 1 aromatic heterocycles. The lowest BCUT2D eigenvalue weighted by Crippen LogP contribution is -2.35. The molecule has 0 aliphatic heterocycles. The molecule has 2 aromatic rings. The first-order valence-corrected chi connectivity index (χ1v) is 7.52. The minimum Gasteiger partial charge on any atom is -0.397 e. The number of aromatic nitrogens is 1. The molecule has 1 amide bonds. The van der Waals surface area contributed by atoms with Crippen LogP contribution >= 0.6 is 11.3 Å². The van der Waals surface area contributed by atoms with Crippen molar-refractivity contribution >= 4 is 38.8 Å². The van der Waals surface area contributed by atoms with Crippen LogP contribution in [-0.4, -0.2) is 24.0 Å². The van der Waals surface area contributed by atoms with Crippen molar-refractivity contribution in [2.24, 2.45) is 5.73 Å². The van der Waals surface area contributed by atoms with Crippen molar-refractivity contribution in [3.05, 3.63) is 17.1 Å². The van der Waals surface area contributed by atoms with Crippen LogP contribution in [0.2, 0.25) is 0 Å². The molecule has 4 N–H and O–H groups in total. The van der Waals surface area contributed by atoms with Gasteiger partial charge < -0.3 is 16.4 Å². The van der Waals surface area contributed by atoms with Gasteiger partial charge in [0.05, 0.1) is 33.1 Å². The van der Waals surface area contributed by atoms with Crippen molar-refractivity contribution in [1.29, 1.82) is 0 Å². The van der Waals surface area contributed by atoms with Crippen LogP contribution in [-0.2, 0) is 4.79 Å². The Morgan fingerprint density at radius 2 is 2.20 bits per heavy atom. The Hall–Kier alpha value is -1.82. The van der Waals surface area contributed by atoms with Crippen molar-refractivity contribution in [1.82, 2.24) is 4.98 Å². The summed E-state index contributed by atoms with van der Waals surface area (Å²) in [6.45, 7) is 5.02. The second-order valence-electron chi connectivity index (χ2n) is 4.85. The number of nitrogen functional groups attached to an aromatic ring is 1. The highest BCUT2D eigenvalue weighted by molar-refractivity contribution is 7.18. The predicted octanol–water partition coefficient (Wildman–Crippen LogP) is 2.28. The van der Waals surface area contributed by atoms with Crippen LogP contribution in [0.3, 0.4) is 0 Å². The molecular formula is C14H20N4OS. The molecule has 5 nitrogen and oxygen atoms in total. The van der Waals surface area contributed by atoms with Crippen LogP contribution in [0, 0.1) is 6.92 Å². The van der Waals surface area contributed by atoms with E-state index in [-0.39, 0.29) is 12.5 Å². The van der Waals surface area contributed by atoms with Crippen LogP contribution in [0.25, 0.3) is 10.2 Å². The number of nitrogens with two attached hydrogens (primary N) is 2. The lowest BCUT2D eigenvalue weighted by molar-refractivity contribution is -0.116. The third kappa shape index (κ3) is 3.19. The van der Waals surface area contributed by atoms with Gasteiger partial charge in [-0.15, -0.1) is 11.3 Å². The normalized spacial score (nSPS) is 10.9. The molecule has 0 fully saturated rings. The van der Waals surface area contributed by atoms with Gasteiger partial charge in [0, 0.05) is 6.54 Å². The van der Waals surface area contributed by atoms with Crippen molar-refractivity contribution < 1.29 is 4.79 Å². The zero-order valence-electron chi connectivity index (χ0n) is 11.8. The van der Waals surface area contributed by atoms with Crippen LogP contribution in [0.4, 0.5) is 11.4 Å². The molecule has 0 saturated carbocycles. The van der Waals surface area contributed by atoms with Gasteiger partial charge in [-0.3, -0.25) is 4.79 Å². The third-order valence-corrected chi connectivity index (χ3v) is 4.05. The van der Waals surface area contributed by atoms with Gasteiger partial charge >= 0.3 is 0 Å². The number of primary amides is 1. The fourth-order valence-electron chi connectivity index (χ4n) is 2.19. The molecule has 1 aromatic carbocycles. The summed E-state index contributed by atoms with van der Waals surface area (Å²) in [5.41, 5.74) is 13.9. The largest absolute Gasteiger partial charge is 0.397 e. The van der Waals surface area contributed by atoms with Gasteiger partial charge in [0.2, 0.25) is 5.91 Å². The smallest absolute Gasteiger partial charge is 0.236 e. The Morgan fingerprint density at radius 1 is 1.45 bits per heavy atom. The summed E-state index contributed by atoms with van der Waals surface area (Å²) < 4.78 is 1.07. The quantitative estimate of drug-likeness (QED) is 0.800. The summed E-state index contributed by atoms with van der Waals surface area (Å²) in [5.74, 6) is -0.352. The van der Waals surface area contributed by atoms with Gasteiger partial charge in [-0.05, 0) is 25.5 Å². The highest BCUT2D eigenvalue weighted by atomic mass is 32.1. The van der Waals surface area contributed by atoms with E-state index < -0.39 is 0 Å². The summed E-state index contributed by atoms with van der Waals surface area (Å²) in [4.78, 5) is 17.7. The number of fused-ring (bicyclic) bond motifs is 1. The van der Waals surface area contributed by atoms with E-state index >= 15 is 0 Å². The van der Waals surface area contributed by atoms with E-state index in [9.17, 15) is 4.79 Å². The fourth-order valence-corrected chi connectivity index (χ4v) is 3.05. The highest BCUT2D eigenvalue weighted by Crippen LogP contribution is 2.32. The zero-order chi connectivity index (χ0) is 14.7.